The van der Waals surface area contributed by atoms with E-state index in [0.717, 1.165) is 11.1 Å². The second-order valence-electron chi connectivity index (χ2n) is 8.65. The van der Waals surface area contributed by atoms with E-state index in [9.17, 15) is 14.3 Å². The van der Waals surface area contributed by atoms with Crippen molar-refractivity contribution in [1.29, 1.82) is 0 Å². The Hall–Kier alpha value is -2.52. The number of hydrogen-bond acceptors (Lipinski definition) is 6. The van der Waals surface area contributed by atoms with Crippen LogP contribution in [0.4, 0.5) is 4.39 Å². The fraction of sp³-hybridized carbons (Fsp3) is 0.524. The number of carbonyl (C=O) groups is 1. The fourth-order valence-electron chi connectivity index (χ4n) is 4.02. The molecule has 1 aliphatic rings. The zero-order valence-corrected chi connectivity index (χ0v) is 18.8. The average Bonchev–Trinajstić information content (AvgIpc) is 3.33. The number of benzene rings is 1. The molecule has 0 aliphatic carbocycles. The van der Waals surface area contributed by atoms with Crippen LogP contribution in [-0.4, -0.2) is 54.5 Å². The van der Waals surface area contributed by atoms with E-state index in [1.165, 1.54) is 10.7 Å². The fourth-order valence-corrected chi connectivity index (χ4v) is 4.02. The maximum absolute atomic E-state index is 14.6. The van der Waals surface area contributed by atoms with Crippen LogP contribution in [0.1, 0.15) is 64.0 Å². The second kappa shape index (κ2) is 8.55. The summed E-state index contributed by atoms with van der Waals surface area (Å²) in [5, 5.41) is 18.8. The molecule has 0 atom stereocenters. The summed E-state index contributed by atoms with van der Waals surface area (Å²) in [4.78, 5) is 18.0. The normalized spacial score (nSPS) is 16.1. The number of halogens is 2. The summed E-state index contributed by atoms with van der Waals surface area (Å²) in [6, 6.07) is 4.91. The summed E-state index contributed by atoms with van der Waals surface area (Å²) in [5.74, 6) is -0.395. The van der Waals surface area contributed by atoms with E-state index in [-0.39, 0.29) is 36.0 Å². The van der Waals surface area contributed by atoms with Crippen LogP contribution in [0.3, 0.4) is 0 Å². The Morgan fingerprint density at radius 2 is 1.97 bits per heavy atom. The van der Waals surface area contributed by atoms with Crippen LogP contribution in [0, 0.1) is 5.82 Å². The van der Waals surface area contributed by atoms with E-state index in [1.807, 2.05) is 24.8 Å². The number of hydrogen-bond donors (Lipinski definition) is 1. The van der Waals surface area contributed by atoms with Gasteiger partial charge < -0.3 is 9.63 Å². The highest BCUT2D eigenvalue weighted by Crippen LogP contribution is 2.32. The average molecular weight is 452 g/mol. The number of likely N-dealkylation sites (tertiary alicyclic amines) is 1. The highest BCUT2D eigenvalue weighted by atomic mass is 35.5. The molecule has 1 fully saturated rings. The highest BCUT2D eigenvalue weighted by Gasteiger charge is 2.38. The number of aliphatic carboxylic acids is 1. The van der Waals surface area contributed by atoms with Crippen LogP contribution >= 0.6 is 12.4 Å². The van der Waals surface area contributed by atoms with Gasteiger partial charge in [-0.3, -0.25) is 9.69 Å². The lowest BCUT2D eigenvalue weighted by Gasteiger charge is -2.39. The van der Waals surface area contributed by atoms with Crippen molar-refractivity contribution in [2.24, 2.45) is 0 Å². The summed E-state index contributed by atoms with van der Waals surface area (Å²) in [5.41, 5.74) is 0.204. The molecule has 0 saturated carbocycles. The van der Waals surface area contributed by atoms with E-state index in [0.29, 0.717) is 37.3 Å². The number of piperidine rings is 1. The minimum Gasteiger partial charge on any atom is -0.480 e. The maximum Gasteiger partial charge on any atom is 0.323 e. The van der Waals surface area contributed by atoms with Crippen molar-refractivity contribution in [1.82, 2.24) is 24.8 Å². The molecule has 2 aromatic heterocycles. The number of fused-ring (bicyclic) bond motifs is 1. The SMILES string of the molecule is CC(C)c1nn(-c2noc(C3CCN(C(C)(C)C(=O)O)CC3)n2)c2c(F)cccc12.Cl. The molecule has 4 rings (SSSR count). The molecule has 1 aromatic carbocycles. The molecular weight excluding hydrogens is 425 g/mol. The molecule has 10 heteroatoms. The zero-order chi connectivity index (χ0) is 21.6. The molecular formula is C21H27ClFN5O3. The van der Waals surface area contributed by atoms with Crippen LogP contribution < -0.4 is 0 Å². The van der Waals surface area contributed by atoms with E-state index in [2.05, 4.69) is 15.2 Å². The Bertz CT molecular complexity index is 1090. The molecule has 1 aliphatic heterocycles. The van der Waals surface area contributed by atoms with Gasteiger partial charge in [-0.05, 0) is 56.9 Å². The van der Waals surface area contributed by atoms with E-state index in [1.54, 1.807) is 19.9 Å². The maximum atomic E-state index is 14.6. The molecule has 168 valence electrons. The Morgan fingerprint density at radius 1 is 1.29 bits per heavy atom. The van der Waals surface area contributed by atoms with Crippen molar-refractivity contribution in [2.45, 2.75) is 57.9 Å². The molecule has 1 N–H and O–H groups in total. The van der Waals surface area contributed by atoms with Crippen LogP contribution in [0.5, 0.6) is 0 Å². The third-order valence-corrected chi connectivity index (χ3v) is 6.01. The van der Waals surface area contributed by atoms with Gasteiger partial charge in [0.2, 0.25) is 5.89 Å². The number of aromatic nitrogens is 4. The van der Waals surface area contributed by atoms with Gasteiger partial charge in [-0.1, -0.05) is 26.0 Å². The van der Waals surface area contributed by atoms with Crippen LogP contribution in [0.2, 0.25) is 0 Å². The third-order valence-electron chi connectivity index (χ3n) is 6.01. The van der Waals surface area contributed by atoms with Crippen molar-refractivity contribution < 1.29 is 18.8 Å². The van der Waals surface area contributed by atoms with Gasteiger partial charge >= 0.3 is 5.97 Å². The molecule has 0 amide bonds. The van der Waals surface area contributed by atoms with E-state index >= 15 is 0 Å². The molecule has 0 bridgehead atoms. The Kier molecular flexibility index (Phi) is 6.38. The number of carboxylic acid groups (broad SMARTS) is 1. The monoisotopic (exact) mass is 451 g/mol. The lowest BCUT2D eigenvalue weighted by molar-refractivity contribution is -0.150. The number of para-hydroxylation sites is 1. The van der Waals surface area contributed by atoms with Gasteiger partial charge in [-0.25, -0.2) is 4.39 Å². The van der Waals surface area contributed by atoms with Gasteiger partial charge in [0.15, 0.2) is 0 Å². The zero-order valence-electron chi connectivity index (χ0n) is 18.0. The van der Waals surface area contributed by atoms with Gasteiger partial charge in [0, 0.05) is 11.3 Å². The summed E-state index contributed by atoms with van der Waals surface area (Å²) in [7, 11) is 0. The predicted molar refractivity (Wildman–Crippen MR) is 115 cm³/mol. The molecule has 0 unspecified atom stereocenters. The van der Waals surface area contributed by atoms with Crippen LogP contribution in [0.25, 0.3) is 16.9 Å². The summed E-state index contributed by atoms with van der Waals surface area (Å²) in [6.45, 7) is 8.68. The quantitative estimate of drug-likeness (QED) is 0.622. The number of rotatable bonds is 5. The Morgan fingerprint density at radius 3 is 2.58 bits per heavy atom. The summed E-state index contributed by atoms with van der Waals surface area (Å²) in [6.07, 6.45) is 1.42. The van der Waals surface area contributed by atoms with E-state index < -0.39 is 11.5 Å². The first kappa shape index (κ1) is 23.1. The predicted octanol–water partition coefficient (Wildman–Crippen LogP) is 4.14. The Balaban J connectivity index is 0.00000272. The molecule has 1 saturated heterocycles. The smallest absolute Gasteiger partial charge is 0.323 e. The van der Waals surface area contributed by atoms with Crippen molar-refractivity contribution >= 4 is 29.3 Å². The van der Waals surface area contributed by atoms with Gasteiger partial charge in [0.1, 0.15) is 16.9 Å². The van der Waals surface area contributed by atoms with Crippen molar-refractivity contribution in [3.8, 4) is 5.95 Å². The lowest BCUT2D eigenvalue weighted by Crippen LogP contribution is -2.52. The topological polar surface area (TPSA) is 97.3 Å². The van der Waals surface area contributed by atoms with Crippen molar-refractivity contribution in [3.05, 3.63) is 35.6 Å². The van der Waals surface area contributed by atoms with Gasteiger partial charge in [0.05, 0.1) is 5.69 Å². The first-order chi connectivity index (χ1) is 14.2. The molecule has 0 spiro atoms. The number of nitrogens with zero attached hydrogens (tertiary/aromatic N) is 5. The molecule has 31 heavy (non-hydrogen) atoms. The van der Waals surface area contributed by atoms with Crippen LogP contribution in [-0.2, 0) is 4.79 Å². The Labute approximate surface area is 185 Å². The molecule has 8 nitrogen and oxygen atoms in total. The van der Waals surface area contributed by atoms with Crippen molar-refractivity contribution in [2.75, 3.05) is 13.1 Å². The highest BCUT2D eigenvalue weighted by molar-refractivity contribution is 5.85. The minimum absolute atomic E-state index is 0. The van der Waals surface area contributed by atoms with Crippen LogP contribution in [0.15, 0.2) is 22.7 Å². The minimum atomic E-state index is -0.913. The van der Waals surface area contributed by atoms with Crippen molar-refractivity contribution in [3.63, 3.8) is 0 Å². The third kappa shape index (κ3) is 4.04. The lowest BCUT2D eigenvalue weighted by atomic mass is 9.92. The van der Waals surface area contributed by atoms with Gasteiger partial charge in [-0.15, -0.1) is 12.4 Å². The molecule has 3 aromatic rings. The molecule has 3 heterocycles. The van der Waals surface area contributed by atoms with Gasteiger partial charge in [-0.2, -0.15) is 14.8 Å². The summed E-state index contributed by atoms with van der Waals surface area (Å²) >= 11 is 0. The summed E-state index contributed by atoms with van der Waals surface area (Å²) < 4.78 is 21.5. The number of carboxylic acids is 1. The largest absolute Gasteiger partial charge is 0.480 e. The van der Waals surface area contributed by atoms with Gasteiger partial charge in [0.25, 0.3) is 5.95 Å². The second-order valence-corrected chi connectivity index (χ2v) is 8.65. The van der Waals surface area contributed by atoms with E-state index in [4.69, 9.17) is 4.52 Å². The standard InChI is InChI=1S/C21H26FN5O3.ClH/c1-12(2)16-14-6-5-7-15(22)17(14)27(24-16)20-23-18(30-25-20)13-8-10-26(11-9-13)21(3,4)19(28)29;/h5-7,12-13H,8-11H2,1-4H3,(H,28,29);1H. The first-order valence-electron chi connectivity index (χ1n) is 10.2. The first-order valence-corrected chi connectivity index (χ1v) is 10.2. The molecule has 0 radical (unpaired) electrons.